The summed E-state index contributed by atoms with van der Waals surface area (Å²) in [6.45, 7) is 1.79. The normalized spacial score (nSPS) is 9.93. The molecule has 0 bridgehead atoms. The molecule has 0 heterocycles. The van der Waals surface area contributed by atoms with Gasteiger partial charge in [-0.1, -0.05) is 6.92 Å². The second-order valence-corrected chi connectivity index (χ2v) is 3.20. The Labute approximate surface area is 87.2 Å². The molecule has 0 fully saturated rings. The molecule has 0 aliphatic rings. The number of phenols is 2. The second kappa shape index (κ2) is 4.59. The monoisotopic (exact) mass is 208 g/mol. The highest BCUT2D eigenvalue weighted by Crippen LogP contribution is 2.23. The standard InChI is InChI=1S/C11H12O4/c1-2-3-9(13)11(15)8-5-4-7(12)6-10(8)14/h4-6,12,14H,2-3H2,1H3. The first kappa shape index (κ1) is 11.2. The maximum absolute atomic E-state index is 11.5. The van der Waals surface area contributed by atoms with Crippen molar-refractivity contribution < 1.29 is 19.8 Å². The van der Waals surface area contributed by atoms with Crippen LogP contribution in [0, 0.1) is 0 Å². The Morgan fingerprint density at radius 3 is 2.47 bits per heavy atom. The lowest BCUT2D eigenvalue weighted by Gasteiger charge is -2.02. The van der Waals surface area contributed by atoms with E-state index in [-0.39, 0.29) is 23.5 Å². The molecule has 0 atom stereocenters. The molecule has 2 N–H and O–H groups in total. The maximum atomic E-state index is 11.5. The van der Waals surface area contributed by atoms with Crippen LogP contribution in [-0.4, -0.2) is 21.8 Å². The van der Waals surface area contributed by atoms with Crippen molar-refractivity contribution in [3.8, 4) is 11.5 Å². The van der Waals surface area contributed by atoms with Gasteiger partial charge in [0.15, 0.2) is 0 Å². The average Bonchev–Trinajstić information content (AvgIpc) is 2.17. The SMILES string of the molecule is CCCC(=O)C(=O)c1ccc(O)cc1O. The van der Waals surface area contributed by atoms with E-state index in [1.54, 1.807) is 6.92 Å². The van der Waals surface area contributed by atoms with Crippen molar-refractivity contribution in [1.29, 1.82) is 0 Å². The Bertz CT molecular complexity index is 396. The van der Waals surface area contributed by atoms with Crippen molar-refractivity contribution in [3.63, 3.8) is 0 Å². The minimum absolute atomic E-state index is 0.0637. The molecule has 1 rings (SSSR count). The van der Waals surface area contributed by atoms with Crippen LogP contribution in [0.1, 0.15) is 30.1 Å². The zero-order chi connectivity index (χ0) is 11.4. The van der Waals surface area contributed by atoms with Crippen LogP contribution < -0.4 is 0 Å². The van der Waals surface area contributed by atoms with Crippen LogP contribution in [0.3, 0.4) is 0 Å². The van der Waals surface area contributed by atoms with Gasteiger partial charge in [-0.05, 0) is 18.6 Å². The first-order valence-electron chi connectivity index (χ1n) is 4.65. The number of rotatable bonds is 4. The predicted octanol–water partition coefficient (Wildman–Crippen LogP) is 1.65. The summed E-state index contributed by atoms with van der Waals surface area (Å²) in [5.74, 6) is -1.76. The molecule has 1 aromatic rings. The summed E-state index contributed by atoms with van der Waals surface area (Å²) in [6.07, 6.45) is 0.753. The van der Waals surface area contributed by atoms with Crippen molar-refractivity contribution in [3.05, 3.63) is 23.8 Å². The lowest BCUT2D eigenvalue weighted by atomic mass is 10.0. The molecular formula is C11H12O4. The third-order valence-electron chi connectivity index (χ3n) is 1.96. The van der Waals surface area contributed by atoms with Crippen LogP contribution in [0.15, 0.2) is 18.2 Å². The summed E-state index contributed by atoms with van der Waals surface area (Å²) in [5.41, 5.74) is -0.0637. The number of carbonyl (C=O) groups excluding carboxylic acids is 2. The Kier molecular flexibility index (Phi) is 3.44. The molecule has 1 aromatic carbocycles. The fraction of sp³-hybridized carbons (Fsp3) is 0.273. The maximum Gasteiger partial charge on any atom is 0.232 e. The fourth-order valence-corrected chi connectivity index (χ4v) is 1.20. The first-order chi connectivity index (χ1) is 7.06. The molecule has 15 heavy (non-hydrogen) atoms. The second-order valence-electron chi connectivity index (χ2n) is 3.20. The highest BCUT2D eigenvalue weighted by Gasteiger charge is 2.18. The van der Waals surface area contributed by atoms with Crippen LogP contribution in [-0.2, 0) is 4.79 Å². The van der Waals surface area contributed by atoms with Gasteiger partial charge in [-0.25, -0.2) is 0 Å². The number of hydrogen-bond donors (Lipinski definition) is 2. The summed E-state index contributed by atoms with van der Waals surface area (Å²) < 4.78 is 0. The van der Waals surface area contributed by atoms with Crippen molar-refractivity contribution >= 4 is 11.6 Å². The molecule has 0 amide bonds. The fourth-order valence-electron chi connectivity index (χ4n) is 1.20. The van der Waals surface area contributed by atoms with Gasteiger partial charge in [0, 0.05) is 12.5 Å². The largest absolute Gasteiger partial charge is 0.508 e. The van der Waals surface area contributed by atoms with Gasteiger partial charge in [-0.2, -0.15) is 0 Å². The van der Waals surface area contributed by atoms with Crippen LogP contribution >= 0.6 is 0 Å². The summed E-state index contributed by atoms with van der Waals surface area (Å²) in [4.78, 5) is 22.7. The lowest BCUT2D eigenvalue weighted by molar-refractivity contribution is -0.115. The molecule has 0 saturated carbocycles. The van der Waals surface area contributed by atoms with E-state index in [1.807, 2.05) is 0 Å². The van der Waals surface area contributed by atoms with Gasteiger partial charge in [-0.15, -0.1) is 0 Å². The molecule has 0 radical (unpaired) electrons. The van der Waals surface area contributed by atoms with E-state index in [0.29, 0.717) is 6.42 Å². The molecule has 0 aromatic heterocycles. The van der Waals surface area contributed by atoms with Gasteiger partial charge in [0.05, 0.1) is 5.56 Å². The number of benzene rings is 1. The van der Waals surface area contributed by atoms with Gasteiger partial charge in [0.1, 0.15) is 11.5 Å². The van der Waals surface area contributed by atoms with E-state index >= 15 is 0 Å². The summed E-state index contributed by atoms with van der Waals surface area (Å²) in [7, 11) is 0. The first-order valence-corrected chi connectivity index (χ1v) is 4.65. The number of aromatic hydroxyl groups is 2. The Hall–Kier alpha value is -1.84. The van der Waals surface area contributed by atoms with E-state index in [1.165, 1.54) is 12.1 Å². The molecule has 80 valence electrons. The van der Waals surface area contributed by atoms with Gasteiger partial charge in [0.25, 0.3) is 0 Å². The average molecular weight is 208 g/mol. The predicted molar refractivity (Wildman–Crippen MR) is 54.0 cm³/mol. The molecule has 0 saturated heterocycles. The lowest BCUT2D eigenvalue weighted by Crippen LogP contribution is -2.13. The Morgan fingerprint density at radius 1 is 1.27 bits per heavy atom. The highest BCUT2D eigenvalue weighted by atomic mass is 16.3. The summed E-state index contributed by atoms with van der Waals surface area (Å²) >= 11 is 0. The van der Waals surface area contributed by atoms with Gasteiger partial charge in [0.2, 0.25) is 11.6 Å². The number of phenolic OH excluding ortho intramolecular Hbond substituents is 2. The Morgan fingerprint density at radius 2 is 1.93 bits per heavy atom. The third-order valence-corrected chi connectivity index (χ3v) is 1.96. The molecule has 4 heteroatoms. The minimum Gasteiger partial charge on any atom is -0.508 e. The van der Waals surface area contributed by atoms with E-state index < -0.39 is 11.6 Å². The number of hydrogen-bond acceptors (Lipinski definition) is 4. The van der Waals surface area contributed by atoms with Crippen LogP contribution in [0.2, 0.25) is 0 Å². The number of Topliss-reactive ketones (excluding diaryl/α,β-unsaturated/α-hetero) is 2. The molecule has 0 aliphatic carbocycles. The molecular weight excluding hydrogens is 196 g/mol. The van der Waals surface area contributed by atoms with E-state index in [9.17, 15) is 14.7 Å². The number of carbonyl (C=O) groups is 2. The molecule has 0 unspecified atom stereocenters. The van der Waals surface area contributed by atoms with E-state index in [4.69, 9.17) is 5.11 Å². The third kappa shape index (κ3) is 2.56. The molecule has 0 spiro atoms. The smallest absolute Gasteiger partial charge is 0.232 e. The zero-order valence-corrected chi connectivity index (χ0v) is 8.36. The summed E-state index contributed by atoms with van der Waals surface area (Å²) in [5, 5.41) is 18.4. The van der Waals surface area contributed by atoms with Crippen molar-refractivity contribution in [2.24, 2.45) is 0 Å². The van der Waals surface area contributed by atoms with E-state index in [2.05, 4.69) is 0 Å². The van der Waals surface area contributed by atoms with Crippen molar-refractivity contribution in [1.82, 2.24) is 0 Å². The van der Waals surface area contributed by atoms with Gasteiger partial charge < -0.3 is 10.2 Å². The quantitative estimate of drug-likeness (QED) is 0.582. The van der Waals surface area contributed by atoms with Gasteiger partial charge >= 0.3 is 0 Å². The Balaban J connectivity index is 2.96. The zero-order valence-electron chi connectivity index (χ0n) is 8.36. The van der Waals surface area contributed by atoms with Crippen LogP contribution in [0.25, 0.3) is 0 Å². The molecule has 4 nitrogen and oxygen atoms in total. The number of ketones is 2. The highest BCUT2D eigenvalue weighted by molar-refractivity contribution is 6.44. The topological polar surface area (TPSA) is 74.6 Å². The van der Waals surface area contributed by atoms with E-state index in [0.717, 1.165) is 6.07 Å². The minimum atomic E-state index is -0.714. The van der Waals surface area contributed by atoms with Crippen LogP contribution in [0.4, 0.5) is 0 Å². The van der Waals surface area contributed by atoms with Crippen molar-refractivity contribution in [2.45, 2.75) is 19.8 Å². The molecule has 0 aliphatic heterocycles. The van der Waals surface area contributed by atoms with Crippen LogP contribution in [0.5, 0.6) is 11.5 Å². The van der Waals surface area contributed by atoms with Gasteiger partial charge in [-0.3, -0.25) is 9.59 Å². The van der Waals surface area contributed by atoms with Crippen molar-refractivity contribution in [2.75, 3.05) is 0 Å². The summed E-state index contributed by atoms with van der Waals surface area (Å²) in [6, 6.07) is 3.53.